The number of hydrogen-bond donors (Lipinski definition) is 1. The summed E-state index contributed by atoms with van der Waals surface area (Å²) in [6, 6.07) is 3.36. The third kappa shape index (κ3) is 4.99. The van der Waals surface area contributed by atoms with Crippen molar-refractivity contribution in [1.29, 1.82) is 10.5 Å². The SMILES string of the molecule is CCC(C(=O)O)N(CCC#N)CCC#N. The molecule has 15 heavy (non-hydrogen) atoms. The van der Waals surface area contributed by atoms with Gasteiger partial charge in [-0.15, -0.1) is 0 Å². The number of carboxylic acid groups (broad SMARTS) is 1. The molecule has 0 heterocycles. The summed E-state index contributed by atoms with van der Waals surface area (Å²) in [5.74, 6) is -0.895. The molecule has 1 N–H and O–H groups in total. The van der Waals surface area contributed by atoms with Gasteiger partial charge in [-0.1, -0.05) is 6.92 Å². The molecule has 0 rings (SSSR count). The minimum absolute atomic E-state index is 0.287. The first-order valence-corrected chi connectivity index (χ1v) is 4.88. The van der Waals surface area contributed by atoms with Gasteiger partial charge in [-0.25, -0.2) is 0 Å². The molecule has 0 radical (unpaired) electrons. The first-order valence-electron chi connectivity index (χ1n) is 4.88. The van der Waals surface area contributed by atoms with Gasteiger partial charge in [0.1, 0.15) is 6.04 Å². The van der Waals surface area contributed by atoms with Gasteiger partial charge in [0.15, 0.2) is 0 Å². The molecule has 0 aliphatic rings. The Bertz CT molecular complexity index is 259. The topological polar surface area (TPSA) is 88.1 Å². The molecule has 1 unspecified atom stereocenters. The quantitative estimate of drug-likeness (QED) is 0.675. The minimum atomic E-state index is -0.895. The van der Waals surface area contributed by atoms with Crippen LogP contribution in [-0.2, 0) is 4.79 Å². The van der Waals surface area contributed by atoms with Crippen LogP contribution in [0.2, 0.25) is 0 Å². The van der Waals surface area contributed by atoms with E-state index in [1.54, 1.807) is 11.8 Å². The molecule has 0 spiro atoms. The Morgan fingerprint density at radius 2 is 1.80 bits per heavy atom. The number of carbonyl (C=O) groups is 1. The third-order valence-corrected chi connectivity index (χ3v) is 2.13. The Balaban J connectivity index is 4.38. The molecule has 0 aromatic rings. The van der Waals surface area contributed by atoms with Gasteiger partial charge < -0.3 is 5.11 Å². The fraction of sp³-hybridized carbons (Fsp3) is 0.700. The molecule has 0 bridgehead atoms. The van der Waals surface area contributed by atoms with E-state index in [1.807, 2.05) is 12.1 Å². The van der Waals surface area contributed by atoms with Crippen molar-refractivity contribution in [2.75, 3.05) is 13.1 Å². The van der Waals surface area contributed by atoms with Gasteiger partial charge in [0.25, 0.3) is 0 Å². The van der Waals surface area contributed by atoms with Crippen LogP contribution in [-0.4, -0.2) is 35.1 Å². The second kappa shape index (κ2) is 7.78. The van der Waals surface area contributed by atoms with Gasteiger partial charge in [0, 0.05) is 25.9 Å². The Kier molecular flexibility index (Phi) is 6.96. The monoisotopic (exact) mass is 209 g/mol. The number of rotatable bonds is 7. The molecule has 5 heteroatoms. The lowest BCUT2D eigenvalue weighted by Gasteiger charge is -2.26. The standard InChI is InChI=1S/C10H15N3O2/c1-2-9(10(14)15)13(7-3-5-11)8-4-6-12/h9H,2-4,7-8H2,1H3,(H,14,15). The predicted molar refractivity (Wildman–Crippen MR) is 53.7 cm³/mol. The zero-order valence-corrected chi connectivity index (χ0v) is 8.81. The van der Waals surface area contributed by atoms with Crippen molar-refractivity contribution in [2.24, 2.45) is 0 Å². The van der Waals surface area contributed by atoms with Crippen molar-refractivity contribution < 1.29 is 9.90 Å². The van der Waals surface area contributed by atoms with Crippen LogP contribution >= 0.6 is 0 Å². The number of hydrogen-bond acceptors (Lipinski definition) is 4. The molecule has 5 nitrogen and oxygen atoms in total. The number of carboxylic acids is 1. The lowest BCUT2D eigenvalue weighted by atomic mass is 10.1. The Labute approximate surface area is 89.5 Å². The Hall–Kier alpha value is -1.59. The van der Waals surface area contributed by atoms with Crippen molar-refractivity contribution >= 4 is 5.97 Å². The summed E-state index contributed by atoms with van der Waals surface area (Å²) in [7, 11) is 0. The van der Waals surface area contributed by atoms with E-state index in [0.717, 1.165) is 0 Å². The molecular weight excluding hydrogens is 194 g/mol. The highest BCUT2D eigenvalue weighted by atomic mass is 16.4. The molecule has 0 fully saturated rings. The van der Waals surface area contributed by atoms with Gasteiger partial charge in [0.05, 0.1) is 12.1 Å². The summed E-state index contributed by atoms with van der Waals surface area (Å²) in [4.78, 5) is 12.6. The molecule has 0 aromatic carbocycles. The maximum atomic E-state index is 10.9. The van der Waals surface area contributed by atoms with E-state index in [9.17, 15) is 4.79 Å². The van der Waals surface area contributed by atoms with Crippen molar-refractivity contribution in [3.8, 4) is 12.1 Å². The Morgan fingerprint density at radius 1 is 1.33 bits per heavy atom. The van der Waals surface area contributed by atoms with Gasteiger partial charge in [-0.2, -0.15) is 10.5 Å². The number of nitriles is 2. The van der Waals surface area contributed by atoms with Crippen molar-refractivity contribution in [2.45, 2.75) is 32.2 Å². The highest BCUT2D eigenvalue weighted by Crippen LogP contribution is 2.06. The van der Waals surface area contributed by atoms with E-state index < -0.39 is 12.0 Å². The zero-order chi connectivity index (χ0) is 11.7. The molecule has 0 saturated heterocycles. The highest BCUT2D eigenvalue weighted by molar-refractivity contribution is 5.73. The van der Waals surface area contributed by atoms with Crippen LogP contribution in [0.4, 0.5) is 0 Å². The van der Waals surface area contributed by atoms with Crippen LogP contribution in [0.25, 0.3) is 0 Å². The van der Waals surface area contributed by atoms with Crippen LogP contribution in [0.3, 0.4) is 0 Å². The summed E-state index contributed by atoms with van der Waals surface area (Å²) in [5, 5.41) is 25.8. The second-order valence-corrected chi connectivity index (χ2v) is 3.11. The molecule has 0 aliphatic heterocycles. The maximum Gasteiger partial charge on any atom is 0.320 e. The smallest absolute Gasteiger partial charge is 0.320 e. The minimum Gasteiger partial charge on any atom is -0.480 e. The van der Waals surface area contributed by atoms with Crippen LogP contribution in [0, 0.1) is 22.7 Å². The Morgan fingerprint density at radius 3 is 2.07 bits per heavy atom. The van der Waals surface area contributed by atoms with Gasteiger partial charge in [-0.05, 0) is 6.42 Å². The van der Waals surface area contributed by atoms with Crippen LogP contribution in [0.5, 0.6) is 0 Å². The van der Waals surface area contributed by atoms with Crippen LogP contribution in [0.1, 0.15) is 26.2 Å². The normalized spacial score (nSPS) is 11.7. The first kappa shape index (κ1) is 13.4. The predicted octanol–water partition coefficient (Wildman–Crippen LogP) is 0.979. The van der Waals surface area contributed by atoms with E-state index in [1.165, 1.54) is 0 Å². The number of aliphatic carboxylic acids is 1. The molecule has 0 saturated carbocycles. The summed E-state index contributed by atoms with van der Waals surface area (Å²) >= 11 is 0. The van der Waals surface area contributed by atoms with Crippen LogP contribution in [0.15, 0.2) is 0 Å². The summed E-state index contributed by atoms with van der Waals surface area (Å²) in [6.07, 6.45) is 1.05. The fourth-order valence-electron chi connectivity index (χ4n) is 1.40. The first-order chi connectivity index (χ1) is 7.17. The largest absolute Gasteiger partial charge is 0.480 e. The van der Waals surface area contributed by atoms with E-state index in [4.69, 9.17) is 15.6 Å². The van der Waals surface area contributed by atoms with Crippen molar-refractivity contribution in [3.63, 3.8) is 0 Å². The summed E-state index contributed by atoms with van der Waals surface area (Å²) in [5.41, 5.74) is 0. The fourth-order valence-corrected chi connectivity index (χ4v) is 1.40. The molecule has 0 amide bonds. The van der Waals surface area contributed by atoms with E-state index in [0.29, 0.717) is 19.5 Å². The van der Waals surface area contributed by atoms with Gasteiger partial charge in [0.2, 0.25) is 0 Å². The van der Waals surface area contributed by atoms with Crippen LogP contribution < -0.4 is 0 Å². The average molecular weight is 209 g/mol. The molecule has 1 atom stereocenters. The molecule has 82 valence electrons. The molecule has 0 aromatic heterocycles. The van der Waals surface area contributed by atoms with E-state index in [-0.39, 0.29) is 12.8 Å². The maximum absolute atomic E-state index is 10.9. The zero-order valence-electron chi connectivity index (χ0n) is 8.81. The van der Waals surface area contributed by atoms with Gasteiger partial charge >= 0.3 is 5.97 Å². The van der Waals surface area contributed by atoms with Crippen molar-refractivity contribution in [1.82, 2.24) is 4.90 Å². The van der Waals surface area contributed by atoms with E-state index >= 15 is 0 Å². The highest BCUT2D eigenvalue weighted by Gasteiger charge is 2.22. The second-order valence-electron chi connectivity index (χ2n) is 3.11. The average Bonchev–Trinajstić information content (AvgIpc) is 2.21. The number of nitrogens with zero attached hydrogens (tertiary/aromatic N) is 3. The van der Waals surface area contributed by atoms with Crippen molar-refractivity contribution in [3.05, 3.63) is 0 Å². The lowest BCUT2D eigenvalue weighted by molar-refractivity contribution is -0.143. The summed E-state index contributed by atoms with van der Waals surface area (Å²) in [6.45, 7) is 2.59. The molecular formula is C10H15N3O2. The molecule has 0 aliphatic carbocycles. The van der Waals surface area contributed by atoms with E-state index in [2.05, 4.69) is 0 Å². The lowest BCUT2D eigenvalue weighted by Crippen LogP contribution is -2.41. The third-order valence-electron chi connectivity index (χ3n) is 2.13. The summed E-state index contributed by atoms with van der Waals surface area (Å²) < 4.78 is 0. The van der Waals surface area contributed by atoms with Gasteiger partial charge in [-0.3, -0.25) is 9.69 Å².